The quantitative estimate of drug-likeness (QED) is 0.687. The van der Waals surface area contributed by atoms with Crippen LogP contribution in [0.3, 0.4) is 0 Å². The third kappa shape index (κ3) is 4.84. The number of amides is 1. The van der Waals surface area contributed by atoms with Crippen molar-refractivity contribution in [2.24, 2.45) is 0 Å². The number of carbonyl (C=O) groups excluding carboxylic acids is 1. The molecule has 172 valence electrons. The van der Waals surface area contributed by atoms with Crippen molar-refractivity contribution in [3.63, 3.8) is 0 Å². The number of anilines is 2. The summed E-state index contributed by atoms with van der Waals surface area (Å²) in [7, 11) is -3.67. The average molecular weight is 456 g/mol. The summed E-state index contributed by atoms with van der Waals surface area (Å²) in [6.07, 6.45) is 6.91. The second-order valence-corrected chi connectivity index (χ2v) is 10.6. The number of hydrogen-bond acceptors (Lipinski definition) is 4. The third-order valence-electron chi connectivity index (χ3n) is 6.50. The van der Waals surface area contributed by atoms with Crippen LogP contribution in [0.4, 0.5) is 11.4 Å². The molecular formula is C25H33N3O3S. The highest BCUT2D eigenvalue weighted by atomic mass is 32.2. The predicted octanol–water partition coefficient (Wildman–Crippen LogP) is 4.67. The van der Waals surface area contributed by atoms with Gasteiger partial charge in [0.1, 0.15) is 4.90 Å². The van der Waals surface area contributed by atoms with Crippen LogP contribution >= 0.6 is 0 Å². The summed E-state index contributed by atoms with van der Waals surface area (Å²) in [4.78, 5) is 15.5. The molecule has 2 aliphatic rings. The highest BCUT2D eigenvalue weighted by molar-refractivity contribution is 7.89. The van der Waals surface area contributed by atoms with Crippen LogP contribution in [0, 0.1) is 0 Å². The van der Waals surface area contributed by atoms with E-state index in [0.29, 0.717) is 18.7 Å². The van der Waals surface area contributed by atoms with E-state index in [4.69, 9.17) is 0 Å². The molecule has 6 nitrogen and oxygen atoms in total. The number of nitrogens with zero attached hydrogens (tertiary/aromatic N) is 2. The number of aryl methyl sites for hydroxylation is 1. The molecule has 2 saturated heterocycles. The number of rotatable bonds is 6. The Labute approximate surface area is 191 Å². The Morgan fingerprint density at radius 2 is 1.56 bits per heavy atom. The molecule has 2 aliphatic heterocycles. The Bertz CT molecular complexity index is 1060. The zero-order chi connectivity index (χ0) is 22.6. The van der Waals surface area contributed by atoms with Crippen LogP contribution in [0.25, 0.3) is 0 Å². The summed E-state index contributed by atoms with van der Waals surface area (Å²) < 4.78 is 28.9. The topological polar surface area (TPSA) is 69.7 Å². The molecule has 1 amide bonds. The smallest absolute Gasteiger partial charge is 0.255 e. The van der Waals surface area contributed by atoms with Crippen molar-refractivity contribution in [3.05, 3.63) is 53.6 Å². The number of benzene rings is 2. The number of sulfonamides is 1. The summed E-state index contributed by atoms with van der Waals surface area (Å²) in [6, 6.07) is 12.9. The monoisotopic (exact) mass is 455 g/mol. The van der Waals surface area contributed by atoms with Gasteiger partial charge in [-0.25, -0.2) is 8.42 Å². The van der Waals surface area contributed by atoms with Crippen molar-refractivity contribution in [2.75, 3.05) is 36.4 Å². The molecule has 0 radical (unpaired) electrons. The molecule has 2 fully saturated rings. The molecule has 2 aromatic carbocycles. The van der Waals surface area contributed by atoms with Crippen molar-refractivity contribution in [1.29, 1.82) is 0 Å². The standard InChI is InChI=1S/C25H33N3O3S/c1-2-20-11-5-6-12-22(20)26-25(29)21-13-14-23(27-15-7-3-8-16-27)24(19-21)32(30,31)28-17-9-4-10-18-28/h5-6,11-14,19H,2-4,7-10,15-18H2,1H3,(H,26,29). The van der Waals surface area contributed by atoms with E-state index in [1.807, 2.05) is 37.3 Å². The molecule has 4 rings (SSSR count). The first-order valence-corrected chi connectivity index (χ1v) is 13.2. The van der Waals surface area contributed by atoms with Crippen LogP contribution in [0.15, 0.2) is 47.4 Å². The van der Waals surface area contributed by atoms with Gasteiger partial charge >= 0.3 is 0 Å². The number of para-hydroxylation sites is 1. The summed E-state index contributed by atoms with van der Waals surface area (Å²) in [5, 5.41) is 2.97. The van der Waals surface area contributed by atoms with Crippen LogP contribution < -0.4 is 10.2 Å². The molecule has 0 aromatic heterocycles. The Morgan fingerprint density at radius 1 is 0.906 bits per heavy atom. The lowest BCUT2D eigenvalue weighted by molar-refractivity contribution is 0.102. The summed E-state index contributed by atoms with van der Waals surface area (Å²) in [5.41, 5.74) is 2.90. The molecular weight excluding hydrogens is 422 g/mol. The first-order valence-electron chi connectivity index (χ1n) is 11.8. The van der Waals surface area contributed by atoms with E-state index in [1.165, 1.54) is 6.42 Å². The Kier molecular flexibility index (Phi) is 7.16. The summed E-state index contributed by atoms with van der Waals surface area (Å²) >= 11 is 0. The second kappa shape index (κ2) is 10.0. The van der Waals surface area contributed by atoms with Crippen LogP contribution in [-0.4, -0.2) is 44.8 Å². The fraction of sp³-hybridized carbons (Fsp3) is 0.480. The van der Waals surface area contributed by atoms with Crippen LogP contribution in [0.1, 0.15) is 61.4 Å². The summed E-state index contributed by atoms with van der Waals surface area (Å²) in [5.74, 6) is -0.286. The molecule has 0 bridgehead atoms. The zero-order valence-corrected chi connectivity index (χ0v) is 19.7. The molecule has 0 atom stereocenters. The van der Waals surface area contributed by atoms with Crippen molar-refractivity contribution in [1.82, 2.24) is 4.31 Å². The molecule has 2 aromatic rings. The molecule has 32 heavy (non-hydrogen) atoms. The Balaban J connectivity index is 1.70. The van der Waals surface area contributed by atoms with Gasteiger partial charge in [-0.05, 0) is 68.4 Å². The second-order valence-electron chi connectivity index (χ2n) is 8.66. The number of piperidine rings is 2. The Hall–Kier alpha value is -2.38. The minimum Gasteiger partial charge on any atom is -0.370 e. The molecule has 7 heteroatoms. The number of carbonyl (C=O) groups is 1. The lowest BCUT2D eigenvalue weighted by atomic mass is 10.1. The molecule has 1 N–H and O–H groups in total. The number of hydrogen-bond donors (Lipinski definition) is 1. The lowest BCUT2D eigenvalue weighted by Crippen LogP contribution is -2.37. The molecule has 0 saturated carbocycles. The van der Waals surface area contributed by atoms with Gasteiger partial charge in [0.15, 0.2) is 0 Å². The van der Waals surface area contributed by atoms with Crippen molar-refractivity contribution < 1.29 is 13.2 Å². The summed E-state index contributed by atoms with van der Waals surface area (Å²) in [6.45, 7) is 4.82. The minimum absolute atomic E-state index is 0.262. The van der Waals surface area contributed by atoms with E-state index < -0.39 is 10.0 Å². The highest BCUT2D eigenvalue weighted by Crippen LogP contribution is 2.32. The normalized spacial score (nSPS) is 17.8. The third-order valence-corrected chi connectivity index (χ3v) is 8.43. The maximum Gasteiger partial charge on any atom is 0.255 e. The first-order chi connectivity index (χ1) is 15.5. The van der Waals surface area contributed by atoms with E-state index in [2.05, 4.69) is 10.2 Å². The fourth-order valence-corrected chi connectivity index (χ4v) is 6.40. The zero-order valence-electron chi connectivity index (χ0n) is 18.8. The molecule has 0 spiro atoms. The van der Waals surface area contributed by atoms with E-state index >= 15 is 0 Å². The van der Waals surface area contributed by atoms with Gasteiger partial charge in [0.2, 0.25) is 10.0 Å². The van der Waals surface area contributed by atoms with Crippen molar-refractivity contribution in [3.8, 4) is 0 Å². The van der Waals surface area contributed by atoms with E-state index in [9.17, 15) is 13.2 Å². The van der Waals surface area contributed by atoms with E-state index in [1.54, 1.807) is 16.4 Å². The van der Waals surface area contributed by atoms with Gasteiger partial charge in [0.25, 0.3) is 5.91 Å². The largest absolute Gasteiger partial charge is 0.370 e. The first kappa shape index (κ1) is 22.8. The van der Waals surface area contributed by atoms with Crippen LogP contribution in [-0.2, 0) is 16.4 Å². The number of nitrogens with one attached hydrogen (secondary N) is 1. The van der Waals surface area contributed by atoms with E-state index in [-0.39, 0.29) is 10.8 Å². The van der Waals surface area contributed by atoms with Crippen molar-refractivity contribution >= 4 is 27.3 Å². The SMILES string of the molecule is CCc1ccccc1NC(=O)c1ccc(N2CCCCC2)c(S(=O)(=O)N2CCCCC2)c1. The average Bonchev–Trinajstić information content (AvgIpc) is 2.85. The van der Waals surface area contributed by atoms with Gasteiger partial charge in [-0.2, -0.15) is 4.31 Å². The van der Waals surface area contributed by atoms with Gasteiger partial charge in [-0.3, -0.25) is 4.79 Å². The van der Waals surface area contributed by atoms with Crippen LogP contribution in [0.2, 0.25) is 0 Å². The van der Waals surface area contributed by atoms with Crippen LogP contribution in [0.5, 0.6) is 0 Å². The maximum absolute atomic E-state index is 13.7. The molecule has 0 unspecified atom stereocenters. The van der Waals surface area contributed by atoms with E-state index in [0.717, 1.165) is 68.6 Å². The molecule has 0 aliphatic carbocycles. The van der Waals surface area contributed by atoms with Gasteiger partial charge in [-0.15, -0.1) is 0 Å². The minimum atomic E-state index is -3.67. The fourth-order valence-electron chi connectivity index (χ4n) is 4.65. The lowest BCUT2D eigenvalue weighted by Gasteiger charge is -2.33. The predicted molar refractivity (Wildman–Crippen MR) is 129 cm³/mol. The van der Waals surface area contributed by atoms with Gasteiger partial charge in [0.05, 0.1) is 5.69 Å². The van der Waals surface area contributed by atoms with Gasteiger partial charge in [-0.1, -0.05) is 31.5 Å². The molecule has 2 heterocycles. The maximum atomic E-state index is 13.7. The van der Waals surface area contributed by atoms with Crippen molar-refractivity contribution in [2.45, 2.75) is 56.8 Å². The van der Waals surface area contributed by atoms with Gasteiger partial charge in [0, 0.05) is 37.4 Å². The Morgan fingerprint density at radius 3 is 2.25 bits per heavy atom. The van der Waals surface area contributed by atoms with Gasteiger partial charge < -0.3 is 10.2 Å². The highest BCUT2D eigenvalue weighted by Gasteiger charge is 2.31.